The van der Waals surface area contributed by atoms with Gasteiger partial charge in [0.25, 0.3) is 0 Å². The van der Waals surface area contributed by atoms with Crippen LogP contribution in [0.1, 0.15) is 19.8 Å². The summed E-state index contributed by atoms with van der Waals surface area (Å²) in [7, 11) is 0. The smallest absolute Gasteiger partial charge is 0.313 e. The quantitative estimate of drug-likeness (QED) is 0.826. The molecular weight excluding hydrogens is 242 g/mol. The zero-order valence-electron chi connectivity index (χ0n) is 11.3. The largest absolute Gasteiger partial charge is 0.466 e. The lowest BCUT2D eigenvalue weighted by molar-refractivity contribution is -0.156. The molecule has 1 aromatic rings. The number of nitrogens with two attached hydrogens (primary N) is 1. The highest BCUT2D eigenvalue weighted by Crippen LogP contribution is 2.33. The molecule has 1 fully saturated rings. The molecule has 1 aliphatic rings. The molecule has 0 amide bonds. The van der Waals surface area contributed by atoms with Crippen molar-refractivity contribution in [3.63, 3.8) is 0 Å². The minimum Gasteiger partial charge on any atom is -0.466 e. The van der Waals surface area contributed by atoms with Crippen molar-refractivity contribution in [3.05, 3.63) is 24.5 Å². The molecule has 2 rings (SSSR count). The Kier molecular flexibility index (Phi) is 4.37. The van der Waals surface area contributed by atoms with Crippen LogP contribution in [-0.2, 0) is 9.53 Å². The maximum absolute atomic E-state index is 12.1. The Morgan fingerprint density at radius 2 is 2.05 bits per heavy atom. The monoisotopic (exact) mass is 263 g/mol. The zero-order valence-corrected chi connectivity index (χ0v) is 11.3. The number of ether oxygens (including phenoxy) is 1. The summed E-state index contributed by atoms with van der Waals surface area (Å²) in [5.41, 5.74) is 6.47. The van der Waals surface area contributed by atoms with Crippen molar-refractivity contribution in [1.82, 2.24) is 4.98 Å². The normalized spacial score (nSPS) is 18.1. The van der Waals surface area contributed by atoms with E-state index in [-0.39, 0.29) is 5.97 Å². The first-order chi connectivity index (χ1) is 9.22. The Morgan fingerprint density at radius 1 is 1.42 bits per heavy atom. The van der Waals surface area contributed by atoms with Crippen molar-refractivity contribution in [2.75, 3.05) is 31.1 Å². The molecule has 2 N–H and O–H groups in total. The number of pyridine rings is 1. The van der Waals surface area contributed by atoms with Gasteiger partial charge < -0.3 is 15.4 Å². The number of hydrogen-bond donors (Lipinski definition) is 1. The molecule has 1 aromatic heterocycles. The van der Waals surface area contributed by atoms with Gasteiger partial charge in [-0.15, -0.1) is 0 Å². The van der Waals surface area contributed by atoms with Crippen molar-refractivity contribution in [3.8, 4) is 0 Å². The second-order valence-electron chi connectivity index (χ2n) is 4.90. The van der Waals surface area contributed by atoms with E-state index in [9.17, 15) is 4.79 Å². The van der Waals surface area contributed by atoms with Crippen LogP contribution in [0.3, 0.4) is 0 Å². The van der Waals surface area contributed by atoms with E-state index in [4.69, 9.17) is 10.5 Å². The van der Waals surface area contributed by atoms with Gasteiger partial charge in [-0.05, 0) is 31.9 Å². The summed E-state index contributed by atoms with van der Waals surface area (Å²) >= 11 is 0. The fourth-order valence-electron chi connectivity index (χ4n) is 2.52. The predicted molar refractivity (Wildman–Crippen MR) is 73.8 cm³/mol. The molecule has 1 saturated heterocycles. The van der Waals surface area contributed by atoms with E-state index < -0.39 is 5.41 Å². The van der Waals surface area contributed by atoms with Gasteiger partial charge in [-0.3, -0.25) is 9.78 Å². The first-order valence-corrected chi connectivity index (χ1v) is 6.74. The Balaban J connectivity index is 2.02. The topological polar surface area (TPSA) is 68.5 Å². The molecule has 0 atom stereocenters. The van der Waals surface area contributed by atoms with E-state index in [0.717, 1.165) is 31.6 Å². The minimum atomic E-state index is -0.500. The predicted octanol–water partition coefficient (Wildman–Crippen LogP) is 1.19. The van der Waals surface area contributed by atoms with Crippen LogP contribution in [0.4, 0.5) is 5.69 Å². The Bertz CT molecular complexity index is 414. The van der Waals surface area contributed by atoms with Gasteiger partial charge in [-0.25, -0.2) is 0 Å². The van der Waals surface area contributed by atoms with Crippen LogP contribution >= 0.6 is 0 Å². The van der Waals surface area contributed by atoms with Crippen LogP contribution in [0.5, 0.6) is 0 Å². The summed E-state index contributed by atoms with van der Waals surface area (Å²) in [5.74, 6) is -0.146. The lowest BCUT2D eigenvalue weighted by Gasteiger charge is -2.40. The maximum atomic E-state index is 12.1. The van der Waals surface area contributed by atoms with Crippen LogP contribution < -0.4 is 10.6 Å². The number of hydrogen-bond acceptors (Lipinski definition) is 5. The Morgan fingerprint density at radius 3 is 2.58 bits per heavy atom. The fraction of sp³-hybridized carbons (Fsp3) is 0.571. The molecule has 0 bridgehead atoms. The third-order valence-electron chi connectivity index (χ3n) is 3.85. The molecule has 0 radical (unpaired) electrons. The lowest BCUT2D eigenvalue weighted by Crippen LogP contribution is -2.49. The molecule has 0 saturated carbocycles. The number of carbonyl (C=O) groups excluding carboxylic acids is 1. The van der Waals surface area contributed by atoms with Gasteiger partial charge in [0.1, 0.15) is 0 Å². The molecule has 5 heteroatoms. The molecular formula is C14H21N3O2. The van der Waals surface area contributed by atoms with Gasteiger partial charge in [0.15, 0.2) is 0 Å². The standard InChI is InChI=1S/C14H21N3O2/c1-2-19-13(18)14(11-15)5-9-17(10-6-14)12-3-7-16-8-4-12/h3-4,7-8H,2,5-6,9-11,15H2,1H3. The number of nitrogens with zero attached hydrogens (tertiary/aromatic N) is 2. The summed E-state index contributed by atoms with van der Waals surface area (Å²) in [4.78, 5) is 18.3. The van der Waals surface area contributed by atoms with E-state index in [2.05, 4.69) is 9.88 Å². The van der Waals surface area contributed by atoms with Gasteiger partial charge in [-0.1, -0.05) is 0 Å². The second-order valence-corrected chi connectivity index (χ2v) is 4.90. The maximum Gasteiger partial charge on any atom is 0.313 e. The van der Waals surface area contributed by atoms with Gasteiger partial charge in [0.2, 0.25) is 0 Å². The van der Waals surface area contributed by atoms with Crippen molar-refractivity contribution < 1.29 is 9.53 Å². The highest BCUT2D eigenvalue weighted by Gasteiger charge is 2.41. The lowest BCUT2D eigenvalue weighted by atomic mass is 9.78. The first-order valence-electron chi connectivity index (χ1n) is 6.74. The fourth-order valence-corrected chi connectivity index (χ4v) is 2.52. The van der Waals surface area contributed by atoms with Gasteiger partial charge in [0.05, 0.1) is 12.0 Å². The third-order valence-corrected chi connectivity index (χ3v) is 3.85. The molecule has 2 heterocycles. The molecule has 0 unspecified atom stereocenters. The minimum absolute atomic E-state index is 0.146. The van der Waals surface area contributed by atoms with E-state index >= 15 is 0 Å². The Labute approximate surface area is 113 Å². The van der Waals surface area contributed by atoms with Gasteiger partial charge in [0, 0.05) is 37.7 Å². The number of carbonyl (C=O) groups is 1. The van der Waals surface area contributed by atoms with Crippen LogP contribution in [-0.4, -0.2) is 37.2 Å². The van der Waals surface area contributed by atoms with Crippen molar-refractivity contribution in [2.24, 2.45) is 11.1 Å². The summed E-state index contributed by atoms with van der Waals surface area (Å²) in [6, 6.07) is 3.97. The van der Waals surface area contributed by atoms with E-state index in [1.54, 1.807) is 12.4 Å². The molecule has 1 aliphatic heterocycles. The number of piperidine rings is 1. The average molecular weight is 263 g/mol. The zero-order chi connectivity index (χ0) is 13.7. The number of aromatic nitrogens is 1. The number of rotatable bonds is 4. The van der Waals surface area contributed by atoms with E-state index in [0.29, 0.717) is 13.2 Å². The average Bonchev–Trinajstić information content (AvgIpc) is 2.48. The van der Waals surface area contributed by atoms with Crippen LogP contribution in [0.2, 0.25) is 0 Å². The SMILES string of the molecule is CCOC(=O)C1(CN)CCN(c2ccncc2)CC1. The van der Waals surface area contributed by atoms with Crippen LogP contribution in [0.15, 0.2) is 24.5 Å². The van der Waals surface area contributed by atoms with Crippen molar-refractivity contribution in [2.45, 2.75) is 19.8 Å². The Hall–Kier alpha value is -1.62. The molecule has 5 nitrogen and oxygen atoms in total. The summed E-state index contributed by atoms with van der Waals surface area (Å²) < 4.78 is 5.17. The first kappa shape index (κ1) is 13.8. The second kappa shape index (κ2) is 6.02. The molecule has 0 spiro atoms. The van der Waals surface area contributed by atoms with Gasteiger partial charge >= 0.3 is 5.97 Å². The molecule has 104 valence electrons. The van der Waals surface area contributed by atoms with E-state index in [1.165, 1.54) is 0 Å². The van der Waals surface area contributed by atoms with Gasteiger partial charge in [-0.2, -0.15) is 0 Å². The van der Waals surface area contributed by atoms with E-state index in [1.807, 2.05) is 19.1 Å². The number of esters is 1. The summed E-state index contributed by atoms with van der Waals surface area (Å²) in [5, 5.41) is 0. The summed E-state index contributed by atoms with van der Waals surface area (Å²) in [6.45, 7) is 4.24. The van der Waals surface area contributed by atoms with Crippen LogP contribution in [0, 0.1) is 5.41 Å². The molecule has 0 aromatic carbocycles. The highest BCUT2D eigenvalue weighted by molar-refractivity contribution is 5.77. The number of anilines is 1. The van der Waals surface area contributed by atoms with Crippen LogP contribution in [0.25, 0.3) is 0 Å². The van der Waals surface area contributed by atoms with Crippen molar-refractivity contribution in [1.29, 1.82) is 0 Å². The highest BCUT2D eigenvalue weighted by atomic mass is 16.5. The molecule has 19 heavy (non-hydrogen) atoms. The summed E-state index contributed by atoms with van der Waals surface area (Å²) in [6.07, 6.45) is 5.05. The van der Waals surface area contributed by atoms with Crippen molar-refractivity contribution >= 4 is 11.7 Å². The third kappa shape index (κ3) is 2.87. The molecule has 0 aliphatic carbocycles.